The average Bonchev–Trinajstić information content (AvgIpc) is 3.26. The van der Waals surface area contributed by atoms with Crippen molar-refractivity contribution >= 4 is 23.4 Å². The highest BCUT2D eigenvalue weighted by molar-refractivity contribution is 6.33. The minimum Gasteiger partial charge on any atom is -0.360 e. The maximum atomic E-state index is 14.1. The van der Waals surface area contributed by atoms with Crippen LogP contribution in [0.15, 0.2) is 22.7 Å². The molecule has 0 unspecified atom stereocenters. The summed E-state index contributed by atoms with van der Waals surface area (Å²) in [5.74, 6) is -1.25. The molecule has 6 nitrogen and oxygen atoms in total. The van der Waals surface area contributed by atoms with Gasteiger partial charge in [0.25, 0.3) is 5.91 Å². The van der Waals surface area contributed by atoms with E-state index in [2.05, 4.69) is 15.8 Å². The zero-order valence-corrected chi connectivity index (χ0v) is 13.6. The summed E-state index contributed by atoms with van der Waals surface area (Å²) >= 11 is 6.02. The number of carbonyl (C=O) groups excluding carboxylic acids is 2. The zero-order valence-electron chi connectivity index (χ0n) is 12.9. The highest BCUT2D eigenvalue weighted by Gasteiger charge is 2.27. The Bertz CT molecular complexity index is 782. The molecular formula is C16H15ClFN3O3. The Morgan fingerprint density at radius 3 is 2.83 bits per heavy atom. The third-order valence-electron chi connectivity index (χ3n) is 3.64. The Labute approximate surface area is 142 Å². The molecule has 2 aromatic rings. The molecule has 8 heteroatoms. The largest absolute Gasteiger partial charge is 0.360 e. The quantitative estimate of drug-likeness (QED) is 0.866. The summed E-state index contributed by atoms with van der Waals surface area (Å²) in [7, 11) is 0. The summed E-state index contributed by atoms with van der Waals surface area (Å²) in [6.07, 6.45) is 1.92. The number of amides is 2. The van der Waals surface area contributed by atoms with Gasteiger partial charge in [0.1, 0.15) is 22.8 Å². The summed E-state index contributed by atoms with van der Waals surface area (Å²) in [4.78, 5) is 24.1. The van der Waals surface area contributed by atoms with Gasteiger partial charge in [0.15, 0.2) is 0 Å². The van der Waals surface area contributed by atoms with Crippen LogP contribution in [0.25, 0.3) is 11.3 Å². The SMILES string of the molecule is Cc1onc(-c2c(F)cccc2Cl)c1C(=O)NCC(=O)NC1CC1. The third kappa shape index (κ3) is 3.41. The van der Waals surface area contributed by atoms with E-state index in [0.717, 1.165) is 12.8 Å². The van der Waals surface area contributed by atoms with Crippen LogP contribution in [0, 0.1) is 12.7 Å². The van der Waals surface area contributed by atoms with E-state index in [1.54, 1.807) is 0 Å². The molecule has 1 aliphatic carbocycles. The number of hydrogen-bond donors (Lipinski definition) is 2. The first-order valence-electron chi connectivity index (χ1n) is 7.45. The van der Waals surface area contributed by atoms with Crippen LogP contribution in [-0.4, -0.2) is 29.6 Å². The zero-order chi connectivity index (χ0) is 17.3. The highest BCUT2D eigenvalue weighted by atomic mass is 35.5. The molecule has 1 saturated carbocycles. The monoisotopic (exact) mass is 351 g/mol. The maximum Gasteiger partial charge on any atom is 0.257 e. The summed E-state index contributed by atoms with van der Waals surface area (Å²) in [5.41, 5.74) is 0.0560. The van der Waals surface area contributed by atoms with E-state index >= 15 is 0 Å². The lowest BCUT2D eigenvalue weighted by molar-refractivity contribution is -0.120. The van der Waals surface area contributed by atoms with E-state index in [-0.39, 0.29) is 46.1 Å². The number of benzene rings is 1. The van der Waals surface area contributed by atoms with Crippen LogP contribution in [0.4, 0.5) is 4.39 Å². The van der Waals surface area contributed by atoms with Crippen LogP contribution in [0.1, 0.15) is 29.0 Å². The van der Waals surface area contributed by atoms with Crippen LogP contribution >= 0.6 is 11.6 Å². The average molecular weight is 352 g/mol. The molecule has 1 heterocycles. The van der Waals surface area contributed by atoms with E-state index in [4.69, 9.17) is 16.1 Å². The number of hydrogen-bond acceptors (Lipinski definition) is 4. The van der Waals surface area contributed by atoms with Gasteiger partial charge in [-0.25, -0.2) is 4.39 Å². The Kier molecular flexibility index (Phi) is 4.53. The normalized spacial score (nSPS) is 13.6. The van der Waals surface area contributed by atoms with Crippen LogP contribution in [0.2, 0.25) is 5.02 Å². The van der Waals surface area contributed by atoms with Gasteiger partial charge in [-0.1, -0.05) is 22.8 Å². The number of halogens is 2. The van der Waals surface area contributed by atoms with Crippen molar-refractivity contribution in [1.82, 2.24) is 15.8 Å². The van der Waals surface area contributed by atoms with Crippen molar-refractivity contribution in [2.75, 3.05) is 6.54 Å². The molecule has 1 fully saturated rings. The van der Waals surface area contributed by atoms with Crippen molar-refractivity contribution in [3.05, 3.63) is 40.4 Å². The summed E-state index contributed by atoms with van der Waals surface area (Å²) in [5, 5.41) is 9.12. The van der Waals surface area contributed by atoms with Gasteiger partial charge in [0.05, 0.1) is 17.1 Å². The van der Waals surface area contributed by atoms with Crippen LogP contribution in [0.3, 0.4) is 0 Å². The fourth-order valence-corrected chi connectivity index (χ4v) is 2.54. The van der Waals surface area contributed by atoms with Crippen molar-refractivity contribution < 1.29 is 18.5 Å². The molecule has 0 atom stereocenters. The van der Waals surface area contributed by atoms with E-state index in [1.807, 2.05) is 0 Å². The first kappa shape index (κ1) is 16.4. The van der Waals surface area contributed by atoms with Gasteiger partial charge in [0.2, 0.25) is 5.91 Å². The summed E-state index contributed by atoms with van der Waals surface area (Å²) < 4.78 is 19.1. The van der Waals surface area contributed by atoms with Crippen LogP contribution in [-0.2, 0) is 4.79 Å². The second-order valence-electron chi connectivity index (χ2n) is 5.58. The van der Waals surface area contributed by atoms with Gasteiger partial charge in [-0.2, -0.15) is 0 Å². The standard InChI is InChI=1S/C16H15ClFN3O3/c1-8-13(16(23)19-7-12(22)20-9-5-6-9)15(21-24-8)14-10(17)3-2-4-11(14)18/h2-4,9H,5-7H2,1H3,(H,19,23)(H,20,22). The van der Waals surface area contributed by atoms with Gasteiger partial charge >= 0.3 is 0 Å². The molecule has 2 N–H and O–H groups in total. The second kappa shape index (κ2) is 6.60. The smallest absolute Gasteiger partial charge is 0.257 e. The predicted molar refractivity (Wildman–Crippen MR) is 85.1 cm³/mol. The van der Waals surface area contributed by atoms with Gasteiger partial charge < -0.3 is 15.2 Å². The number of nitrogens with zero attached hydrogens (tertiary/aromatic N) is 1. The van der Waals surface area contributed by atoms with E-state index < -0.39 is 11.7 Å². The molecule has 126 valence electrons. The lowest BCUT2D eigenvalue weighted by Gasteiger charge is -2.07. The second-order valence-corrected chi connectivity index (χ2v) is 5.99. The van der Waals surface area contributed by atoms with Crippen LogP contribution < -0.4 is 10.6 Å². The minimum atomic E-state index is -0.615. The molecular weight excluding hydrogens is 337 g/mol. The molecule has 1 aliphatic rings. The number of nitrogens with one attached hydrogen (secondary N) is 2. The van der Waals surface area contributed by atoms with Crippen molar-refractivity contribution in [3.8, 4) is 11.3 Å². The molecule has 0 spiro atoms. The Hall–Kier alpha value is -2.41. The topological polar surface area (TPSA) is 84.2 Å². The summed E-state index contributed by atoms with van der Waals surface area (Å²) in [6.45, 7) is 1.36. The third-order valence-corrected chi connectivity index (χ3v) is 3.96. The van der Waals surface area contributed by atoms with Crippen molar-refractivity contribution in [1.29, 1.82) is 0 Å². The molecule has 1 aromatic heterocycles. The molecule has 1 aromatic carbocycles. The maximum absolute atomic E-state index is 14.1. The van der Waals surface area contributed by atoms with Gasteiger partial charge in [0, 0.05) is 6.04 Å². The van der Waals surface area contributed by atoms with Crippen molar-refractivity contribution in [2.45, 2.75) is 25.8 Å². The fraction of sp³-hybridized carbons (Fsp3) is 0.312. The van der Waals surface area contributed by atoms with Crippen molar-refractivity contribution in [2.24, 2.45) is 0 Å². The van der Waals surface area contributed by atoms with Gasteiger partial charge in [-0.15, -0.1) is 0 Å². The molecule has 0 bridgehead atoms. The lowest BCUT2D eigenvalue weighted by Crippen LogP contribution is -2.38. The molecule has 24 heavy (non-hydrogen) atoms. The minimum absolute atomic E-state index is 0.00991. The number of rotatable bonds is 5. The lowest BCUT2D eigenvalue weighted by atomic mass is 10.0. The van der Waals surface area contributed by atoms with Gasteiger partial charge in [-0.05, 0) is 31.9 Å². The highest BCUT2D eigenvalue weighted by Crippen LogP contribution is 2.33. The van der Waals surface area contributed by atoms with Gasteiger partial charge in [-0.3, -0.25) is 9.59 Å². The van der Waals surface area contributed by atoms with E-state index in [9.17, 15) is 14.0 Å². The Morgan fingerprint density at radius 2 is 2.17 bits per heavy atom. The number of aryl methyl sites for hydroxylation is 1. The molecule has 0 aliphatic heterocycles. The first-order chi connectivity index (χ1) is 11.5. The summed E-state index contributed by atoms with van der Waals surface area (Å²) in [6, 6.07) is 4.38. The fourth-order valence-electron chi connectivity index (χ4n) is 2.29. The number of aromatic nitrogens is 1. The van der Waals surface area contributed by atoms with E-state index in [1.165, 1.54) is 25.1 Å². The van der Waals surface area contributed by atoms with Crippen molar-refractivity contribution in [3.63, 3.8) is 0 Å². The molecule has 3 rings (SSSR count). The molecule has 2 amide bonds. The molecule has 0 radical (unpaired) electrons. The van der Waals surface area contributed by atoms with E-state index in [0.29, 0.717) is 0 Å². The first-order valence-corrected chi connectivity index (χ1v) is 7.83. The predicted octanol–water partition coefficient (Wildman–Crippen LogP) is 2.45. The van der Waals surface area contributed by atoms with Crippen LogP contribution in [0.5, 0.6) is 0 Å². The Morgan fingerprint density at radius 1 is 1.42 bits per heavy atom. The molecule has 0 saturated heterocycles. The Balaban J connectivity index is 1.81. The number of carbonyl (C=O) groups is 2.